The van der Waals surface area contributed by atoms with Gasteiger partial charge in [0, 0.05) is 49.9 Å². The zero-order valence-electron chi connectivity index (χ0n) is 25.7. The van der Waals surface area contributed by atoms with E-state index in [1.807, 2.05) is 24.4 Å². The lowest BCUT2D eigenvalue weighted by atomic mass is 9.97. The number of hydrogen-bond acceptors (Lipinski definition) is 10. The second-order valence-corrected chi connectivity index (χ2v) is 12.5. The highest BCUT2D eigenvalue weighted by atomic mass is 31.2. The molecule has 45 heavy (non-hydrogen) atoms. The maximum absolute atomic E-state index is 14.0. The number of hydrogen-bond donors (Lipinski definition) is 2. The highest BCUT2D eigenvalue weighted by Crippen LogP contribution is 2.51. The van der Waals surface area contributed by atoms with Gasteiger partial charge in [0.05, 0.1) is 50.0 Å². The molecule has 12 nitrogen and oxygen atoms in total. The summed E-state index contributed by atoms with van der Waals surface area (Å²) in [6, 6.07) is 11.0. The van der Waals surface area contributed by atoms with Crippen molar-refractivity contribution in [2.75, 3.05) is 44.6 Å². The van der Waals surface area contributed by atoms with E-state index in [-0.39, 0.29) is 42.6 Å². The molecule has 0 saturated carbocycles. The Morgan fingerprint density at radius 2 is 1.80 bits per heavy atom. The van der Waals surface area contributed by atoms with Crippen molar-refractivity contribution in [3.05, 3.63) is 77.2 Å². The number of carbonyl (C=O) groups excluding carboxylic acids is 1. The molecule has 5 rings (SSSR count). The van der Waals surface area contributed by atoms with E-state index in [1.165, 1.54) is 6.20 Å². The minimum atomic E-state index is -3.24. The van der Waals surface area contributed by atoms with Gasteiger partial charge in [-0.2, -0.15) is 10.1 Å². The molecule has 2 N–H and O–H groups in total. The van der Waals surface area contributed by atoms with Gasteiger partial charge in [0.25, 0.3) is 5.91 Å². The third kappa shape index (κ3) is 7.39. The molecular weight excluding hydrogens is 600 g/mol. The topological polar surface area (TPSA) is 133 Å². The van der Waals surface area contributed by atoms with Crippen molar-refractivity contribution in [2.45, 2.75) is 39.8 Å². The van der Waals surface area contributed by atoms with Crippen LogP contribution in [0.1, 0.15) is 40.9 Å². The maximum Gasteiger partial charge on any atom is 0.335 e. The molecular formula is C31H37FN7O5P. The summed E-state index contributed by atoms with van der Waals surface area (Å²) in [5.74, 6) is 0.330. The van der Waals surface area contributed by atoms with E-state index in [0.717, 1.165) is 22.3 Å². The molecule has 0 saturated heterocycles. The summed E-state index contributed by atoms with van der Waals surface area (Å²) < 4.78 is 44.7. The van der Waals surface area contributed by atoms with Crippen LogP contribution >= 0.6 is 7.60 Å². The number of aromatic nitrogens is 4. The predicted octanol–water partition coefficient (Wildman–Crippen LogP) is 6.29. The molecule has 14 heteroatoms. The van der Waals surface area contributed by atoms with Crippen LogP contribution in [0.5, 0.6) is 0 Å². The van der Waals surface area contributed by atoms with Crippen molar-refractivity contribution < 1.29 is 27.5 Å². The monoisotopic (exact) mass is 637 g/mol. The fourth-order valence-corrected chi connectivity index (χ4v) is 6.81. The van der Waals surface area contributed by atoms with Crippen molar-refractivity contribution in [3.63, 3.8) is 0 Å². The molecule has 0 aliphatic carbocycles. The highest BCUT2D eigenvalue weighted by molar-refractivity contribution is 7.53. The molecule has 0 unspecified atom stereocenters. The summed E-state index contributed by atoms with van der Waals surface area (Å²) >= 11 is 0. The van der Waals surface area contributed by atoms with Crippen molar-refractivity contribution >= 4 is 36.6 Å². The molecule has 238 valence electrons. The van der Waals surface area contributed by atoms with Gasteiger partial charge in [-0.15, -0.1) is 0 Å². The number of amides is 1. The Kier molecular flexibility index (Phi) is 10.2. The van der Waals surface area contributed by atoms with Gasteiger partial charge in [-0.3, -0.25) is 14.0 Å². The number of anilines is 4. The molecule has 1 amide bonds. The number of benzene rings is 2. The molecule has 1 aliphatic rings. The van der Waals surface area contributed by atoms with E-state index in [2.05, 4.69) is 25.7 Å². The molecule has 0 spiro atoms. The molecule has 0 bridgehead atoms. The van der Waals surface area contributed by atoms with Crippen molar-refractivity contribution in [1.82, 2.24) is 24.6 Å². The fourth-order valence-electron chi connectivity index (χ4n) is 5.11. The van der Waals surface area contributed by atoms with E-state index >= 15 is 0 Å². The smallest absolute Gasteiger partial charge is 0.335 e. The Morgan fingerprint density at radius 3 is 2.49 bits per heavy atom. The van der Waals surface area contributed by atoms with Gasteiger partial charge >= 0.3 is 7.60 Å². The molecule has 3 heterocycles. The minimum Gasteiger partial charge on any atom is -0.383 e. The summed E-state index contributed by atoms with van der Waals surface area (Å²) in [7, 11) is 0.151. The Hall–Kier alpha value is -4.16. The van der Waals surface area contributed by atoms with Crippen LogP contribution in [0.15, 0.2) is 55.0 Å². The van der Waals surface area contributed by atoms with Gasteiger partial charge in [0.15, 0.2) is 0 Å². The number of alkyl halides is 1. The quantitative estimate of drug-likeness (QED) is 0.143. The van der Waals surface area contributed by atoms with Crippen LogP contribution in [0.25, 0.3) is 11.1 Å². The summed E-state index contributed by atoms with van der Waals surface area (Å²) in [5.41, 5.74) is 5.37. The van der Waals surface area contributed by atoms with Crippen molar-refractivity contribution in [1.29, 1.82) is 0 Å². The maximum atomic E-state index is 14.0. The second-order valence-electron chi connectivity index (χ2n) is 10.4. The summed E-state index contributed by atoms with van der Waals surface area (Å²) in [6.07, 6.45) is 5.26. The molecule has 1 aliphatic heterocycles. The average molecular weight is 638 g/mol. The molecule has 4 aromatic rings. The Morgan fingerprint density at radius 1 is 1.04 bits per heavy atom. The third-order valence-electron chi connectivity index (χ3n) is 7.24. The van der Waals surface area contributed by atoms with Gasteiger partial charge in [-0.05, 0) is 48.7 Å². The van der Waals surface area contributed by atoms with Crippen LogP contribution in [0.3, 0.4) is 0 Å². The Labute approximate surface area is 261 Å². The highest BCUT2D eigenvalue weighted by Gasteiger charge is 2.31. The van der Waals surface area contributed by atoms with Gasteiger partial charge in [-0.25, -0.2) is 9.37 Å². The lowest BCUT2D eigenvalue weighted by Gasteiger charge is -2.17. The molecule has 2 aromatic heterocycles. The molecule has 0 radical (unpaired) electrons. The molecule has 0 atom stereocenters. The lowest BCUT2D eigenvalue weighted by Crippen LogP contribution is -2.18. The number of nitrogens with zero attached hydrogens (tertiary/aromatic N) is 5. The summed E-state index contributed by atoms with van der Waals surface area (Å²) in [5, 5.41) is 10.7. The van der Waals surface area contributed by atoms with Gasteiger partial charge < -0.3 is 29.3 Å². The van der Waals surface area contributed by atoms with E-state index in [9.17, 15) is 13.8 Å². The van der Waals surface area contributed by atoms with Gasteiger partial charge in [0.1, 0.15) is 12.5 Å². The van der Waals surface area contributed by atoms with Crippen LogP contribution in [-0.2, 0) is 44.3 Å². The zero-order valence-corrected chi connectivity index (χ0v) is 26.6. The average Bonchev–Trinajstić information content (AvgIpc) is 3.61. The van der Waals surface area contributed by atoms with E-state index in [1.54, 1.807) is 62.0 Å². The third-order valence-corrected chi connectivity index (χ3v) is 9.29. The van der Waals surface area contributed by atoms with Crippen LogP contribution in [0.2, 0.25) is 0 Å². The Bertz CT molecular complexity index is 1690. The first-order chi connectivity index (χ1) is 21.8. The zero-order chi connectivity index (χ0) is 32.0. The molecule has 0 fully saturated rings. The Balaban J connectivity index is 1.38. The summed E-state index contributed by atoms with van der Waals surface area (Å²) in [4.78, 5) is 23.7. The van der Waals surface area contributed by atoms with E-state index in [4.69, 9.17) is 13.8 Å². The standard InChI is InChI=1S/C31H37FN7O5P/c1-5-43-45(41,44-6-2)20-21-7-9-24(10-8-21)35-31-33-16-22(15-32)29(37-31)36-27-12-11-25(26-19-38(3)30(40)28(26)27)23-17-34-39(18-23)13-14-42-4/h7-12,16-18H,5-6,13-15,19-20H2,1-4H3,(H2,33,35,36,37). The summed E-state index contributed by atoms with van der Waals surface area (Å²) in [6.45, 7) is 4.90. The number of methoxy groups -OCH3 is 1. The van der Waals surface area contributed by atoms with Gasteiger partial charge in [0.2, 0.25) is 5.95 Å². The first-order valence-corrected chi connectivity index (χ1v) is 16.4. The number of carbonyl (C=O) groups is 1. The number of nitrogens with one attached hydrogen (secondary N) is 2. The number of rotatable bonds is 15. The van der Waals surface area contributed by atoms with Crippen LogP contribution in [-0.4, -0.2) is 64.5 Å². The second kappa shape index (κ2) is 14.3. The van der Waals surface area contributed by atoms with Crippen molar-refractivity contribution in [3.8, 4) is 11.1 Å². The largest absolute Gasteiger partial charge is 0.383 e. The van der Waals surface area contributed by atoms with Crippen LogP contribution in [0.4, 0.5) is 27.5 Å². The van der Waals surface area contributed by atoms with Crippen LogP contribution < -0.4 is 10.6 Å². The van der Waals surface area contributed by atoms with E-state index in [0.29, 0.717) is 36.6 Å². The number of halogens is 1. The fraction of sp³-hybridized carbons (Fsp3) is 0.355. The predicted molar refractivity (Wildman–Crippen MR) is 170 cm³/mol. The SMILES string of the molecule is CCOP(=O)(Cc1ccc(Nc2ncc(CF)c(Nc3ccc(-c4cnn(CCOC)c4)c4c3C(=O)N(C)C4)n2)cc1)OCC. The first-order valence-electron chi connectivity index (χ1n) is 14.6. The molecule has 2 aromatic carbocycles. The minimum absolute atomic E-state index is 0.145. The normalized spacial score (nSPS) is 12.9. The van der Waals surface area contributed by atoms with Crippen molar-refractivity contribution in [2.24, 2.45) is 0 Å². The lowest BCUT2D eigenvalue weighted by molar-refractivity contribution is 0.0817. The van der Waals surface area contributed by atoms with Crippen LogP contribution in [0, 0.1) is 0 Å². The van der Waals surface area contributed by atoms with E-state index < -0.39 is 14.3 Å². The van der Waals surface area contributed by atoms with Gasteiger partial charge in [-0.1, -0.05) is 18.2 Å². The number of ether oxygens (including phenoxy) is 1. The number of fused-ring (bicyclic) bond motifs is 1. The first kappa shape index (κ1) is 32.2.